The van der Waals surface area contributed by atoms with Crippen LogP contribution < -0.4 is 26.4 Å². The Labute approximate surface area is 327 Å². The summed E-state index contributed by atoms with van der Waals surface area (Å²) in [6.45, 7) is 7.22. The van der Waals surface area contributed by atoms with Gasteiger partial charge in [0.2, 0.25) is 0 Å². The number of hydrogen-bond acceptors (Lipinski definition) is 7. The van der Waals surface area contributed by atoms with E-state index >= 15 is 0 Å². The number of ether oxygens (including phenoxy) is 2. The van der Waals surface area contributed by atoms with E-state index in [1.807, 2.05) is 0 Å². The number of aromatic nitrogens is 1. The van der Waals surface area contributed by atoms with Gasteiger partial charge < -0.3 is 41.6 Å². The maximum Gasteiger partial charge on any atom is 0.342 e. The zero-order valence-electron chi connectivity index (χ0n) is 31.8. The van der Waals surface area contributed by atoms with E-state index in [-0.39, 0.29) is 40.5 Å². The second kappa shape index (κ2) is 21.8. The fourth-order valence-electron chi connectivity index (χ4n) is 7.68. The summed E-state index contributed by atoms with van der Waals surface area (Å²) in [4.78, 5) is 26.9. The number of benzene rings is 2. The summed E-state index contributed by atoms with van der Waals surface area (Å²) in [6.07, 6.45) is 27.2. The first-order chi connectivity index (χ1) is 25.4. The molecule has 0 unspecified atom stereocenters. The number of aryl methyl sites for hydroxylation is 3. The normalized spacial score (nSPS) is 13.4. The molecule has 2 aromatic carbocycles. The molecule has 2 aliphatic heterocycles. The summed E-state index contributed by atoms with van der Waals surface area (Å²) in [5, 5.41) is 21.3. The van der Waals surface area contributed by atoms with Crippen molar-refractivity contribution in [2.45, 2.75) is 123 Å². The van der Waals surface area contributed by atoms with E-state index in [4.69, 9.17) is 9.47 Å². The minimum Gasteiger partial charge on any atom is -1.00 e. The third-order valence-electron chi connectivity index (χ3n) is 10.5. The number of phenolic OH excluding ortho intramolecular Hbond substituents is 2. The number of halogens is 1. The van der Waals surface area contributed by atoms with Gasteiger partial charge in [0, 0.05) is 48.5 Å². The first kappa shape index (κ1) is 41.9. The van der Waals surface area contributed by atoms with E-state index in [0.717, 1.165) is 74.8 Å². The second-order valence-corrected chi connectivity index (χ2v) is 14.5. The topological polar surface area (TPSA) is 100 Å². The molecule has 1 aromatic heterocycles. The molecule has 0 aliphatic carbocycles. The highest BCUT2D eigenvalue weighted by atomic mass is 79.9. The summed E-state index contributed by atoms with van der Waals surface area (Å²) in [5.74, 6) is -0.885. The number of nitrogens with zero attached hydrogens (tertiary/aromatic N) is 2. The van der Waals surface area contributed by atoms with Crippen molar-refractivity contribution in [3.8, 4) is 11.5 Å². The van der Waals surface area contributed by atoms with Gasteiger partial charge in [-0.25, -0.2) is 14.2 Å². The Balaban J connectivity index is 0.00000627. The number of anilines is 1. The van der Waals surface area contributed by atoms with Crippen LogP contribution in [-0.2, 0) is 28.9 Å². The van der Waals surface area contributed by atoms with Crippen LogP contribution in [0.5, 0.6) is 11.5 Å². The minimum atomic E-state index is -0.563. The molecular weight excluding hydrogens is 732 g/mol. The molecule has 0 spiro atoms. The van der Waals surface area contributed by atoms with Crippen molar-refractivity contribution in [3.05, 3.63) is 81.7 Å². The van der Waals surface area contributed by atoms with Crippen molar-refractivity contribution in [1.29, 1.82) is 0 Å². The molecule has 0 atom stereocenters. The SMILES string of the molecule is CCOC(=O)c1cc(C)c(C(=O)OCCCCCCCCCCCCCC[n+]2ccc(/C=C/c3cc4c5c(c3O)CCCN5CCC4)cc2)c(O)c1.[Br-]. The fourth-order valence-corrected chi connectivity index (χ4v) is 7.68. The molecule has 0 saturated heterocycles. The summed E-state index contributed by atoms with van der Waals surface area (Å²) in [6, 6.07) is 9.33. The lowest BCUT2D eigenvalue weighted by molar-refractivity contribution is -0.697. The third-order valence-corrected chi connectivity index (χ3v) is 10.5. The molecule has 288 valence electrons. The molecule has 2 aliphatic rings. The van der Waals surface area contributed by atoms with Crippen molar-refractivity contribution in [3.63, 3.8) is 0 Å². The predicted octanol–water partition coefficient (Wildman–Crippen LogP) is 6.28. The molecule has 2 N–H and O–H groups in total. The van der Waals surface area contributed by atoms with Crippen LogP contribution in [0.3, 0.4) is 0 Å². The lowest BCUT2D eigenvalue weighted by Crippen LogP contribution is -3.00. The molecule has 0 radical (unpaired) electrons. The standard InChI is InChI=1S/C44H58N2O6.BrH/c1-3-51-43(49)37-30-33(2)40(39(47)32-37)44(50)52-29-15-13-11-9-7-5-4-6-8-10-12-14-24-45-27-22-34(23-28-45)20-21-36-31-35-18-16-25-46-26-17-19-38(41(35)46)42(36)48;/h20-23,27-28,30-32H,3-19,24-26,29H2,1-2H3,(H,47,50);1H. The molecule has 0 fully saturated rings. The molecule has 8 nitrogen and oxygen atoms in total. The fraction of sp³-hybridized carbons (Fsp3) is 0.523. The van der Waals surface area contributed by atoms with Gasteiger partial charge in [0.05, 0.1) is 18.8 Å². The summed E-state index contributed by atoms with van der Waals surface area (Å²) in [5.41, 5.74) is 6.76. The molecule has 0 bridgehead atoms. The first-order valence-electron chi connectivity index (χ1n) is 19.8. The van der Waals surface area contributed by atoms with Gasteiger partial charge in [-0.2, -0.15) is 0 Å². The highest BCUT2D eigenvalue weighted by Crippen LogP contribution is 2.42. The van der Waals surface area contributed by atoms with Gasteiger partial charge in [0.1, 0.15) is 23.6 Å². The lowest BCUT2D eigenvalue weighted by Gasteiger charge is -2.37. The van der Waals surface area contributed by atoms with Crippen molar-refractivity contribution in [2.24, 2.45) is 0 Å². The molecular formula is C44H59BrN2O6. The van der Waals surface area contributed by atoms with Gasteiger partial charge in [-0.15, -0.1) is 0 Å². The van der Waals surface area contributed by atoms with Crippen LogP contribution in [0, 0.1) is 6.92 Å². The Kier molecular flexibility index (Phi) is 17.2. The zero-order valence-corrected chi connectivity index (χ0v) is 33.4. The van der Waals surface area contributed by atoms with E-state index in [9.17, 15) is 19.8 Å². The van der Waals surface area contributed by atoms with Gasteiger partial charge in [0.15, 0.2) is 12.4 Å². The number of hydrogen-bond donors (Lipinski definition) is 2. The second-order valence-electron chi connectivity index (χ2n) is 14.5. The maximum absolute atomic E-state index is 12.5. The van der Waals surface area contributed by atoms with Gasteiger partial charge >= 0.3 is 11.9 Å². The average Bonchev–Trinajstić information content (AvgIpc) is 3.14. The van der Waals surface area contributed by atoms with Crippen LogP contribution in [-0.4, -0.2) is 48.5 Å². The number of aromatic hydroxyl groups is 2. The highest BCUT2D eigenvalue weighted by molar-refractivity contribution is 5.97. The Bertz CT molecular complexity index is 1650. The largest absolute Gasteiger partial charge is 1.00 e. The smallest absolute Gasteiger partial charge is 0.342 e. The quantitative estimate of drug-likeness (QED) is 0.0790. The number of phenols is 2. The molecule has 0 amide bonds. The highest BCUT2D eigenvalue weighted by Gasteiger charge is 2.27. The monoisotopic (exact) mass is 790 g/mol. The Morgan fingerprint density at radius 2 is 1.42 bits per heavy atom. The van der Waals surface area contributed by atoms with Crippen molar-refractivity contribution >= 4 is 29.8 Å². The van der Waals surface area contributed by atoms with Gasteiger partial charge in [-0.05, 0) is 87.3 Å². The first-order valence-corrected chi connectivity index (χ1v) is 19.8. The lowest BCUT2D eigenvalue weighted by atomic mass is 9.89. The summed E-state index contributed by atoms with van der Waals surface area (Å²) >= 11 is 0. The number of rotatable bonds is 20. The van der Waals surface area contributed by atoms with E-state index < -0.39 is 11.9 Å². The summed E-state index contributed by atoms with van der Waals surface area (Å²) < 4.78 is 12.6. The number of carbonyl (C=O) groups is 2. The minimum absolute atomic E-state index is 0. The molecule has 53 heavy (non-hydrogen) atoms. The van der Waals surface area contributed by atoms with Crippen LogP contribution >= 0.6 is 0 Å². The van der Waals surface area contributed by atoms with Crippen LogP contribution in [0.1, 0.15) is 145 Å². The molecule has 3 aromatic rings. The third kappa shape index (κ3) is 12.1. The average molecular weight is 792 g/mol. The van der Waals surface area contributed by atoms with E-state index in [1.54, 1.807) is 19.9 Å². The van der Waals surface area contributed by atoms with Gasteiger partial charge in [0.25, 0.3) is 0 Å². The van der Waals surface area contributed by atoms with Crippen LogP contribution in [0.2, 0.25) is 0 Å². The number of pyridine rings is 1. The van der Waals surface area contributed by atoms with Crippen molar-refractivity contribution in [2.75, 3.05) is 31.2 Å². The van der Waals surface area contributed by atoms with Crippen LogP contribution in [0.25, 0.3) is 12.2 Å². The van der Waals surface area contributed by atoms with Gasteiger partial charge in [-0.1, -0.05) is 69.9 Å². The van der Waals surface area contributed by atoms with Crippen molar-refractivity contribution < 1.29 is 50.8 Å². The molecule has 0 saturated carbocycles. The van der Waals surface area contributed by atoms with E-state index in [1.165, 1.54) is 81.5 Å². The molecule has 9 heteroatoms. The number of esters is 2. The Hall–Kier alpha value is -3.85. The van der Waals surface area contributed by atoms with Crippen molar-refractivity contribution in [1.82, 2.24) is 0 Å². The van der Waals surface area contributed by atoms with E-state index in [0.29, 0.717) is 17.9 Å². The van der Waals surface area contributed by atoms with Gasteiger partial charge in [-0.3, -0.25) is 0 Å². The zero-order chi connectivity index (χ0) is 36.7. The Morgan fingerprint density at radius 1 is 0.792 bits per heavy atom. The number of carbonyl (C=O) groups excluding carboxylic acids is 2. The van der Waals surface area contributed by atoms with Crippen LogP contribution in [0.4, 0.5) is 5.69 Å². The predicted molar refractivity (Wildman–Crippen MR) is 207 cm³/mol. The molecule has 5 rings (SSSR count). The van der Waals surface area contributed by atoms with Crippen LogP contribution in [0.15, 0.2) is 42.7 Å². The maximum atomic E-state index is 12.5. The molecule has 3 heterocycles. The summed E-state index contributed by atoms with van der Waals surface area (Å²) in [7, 11) is 0. The Morgan fingerprint density at radius 3 is 2.06 bits per heavy atom. The number of unbranched alkanes of at least 4 members (excludes halogenated alkanes) is 11. The van der Waals surface area contributed by atoms with E-state index in [2.05, 4.69) is 52.2 Å².